The fourth-order valence-electron chi connectivity index (χ4n) is 3.49. The van der Waals surface area contributed by atoms with E-state index in [2.05, 4.69) is 15.6 Å². The third-order valence-electron chi connectivity index (χ3n) is 5.92. The van der Waals surface area contributed by atoms with Gasteiger partial charge in [0.25, 0.3) is 0 Å². The number of aryl methyl sites for hydroxylation is 1. The summed E-state index contributed by atoms with van der Waals surface area (Å²) in [5.41, 5.74) is 2.66. The summed E-state index contributed by atoms with van der Waals surface area (Å²) in [6.07, 6.45) is 1.21. The molecule has 1 aromatic heterocycles. The lowest BCUT2D eigenvalue weighted by molar-refractivity contribution is -0.126. The van der Waals surface area contributed by atoms with E-state index in [4.69, 9.17) is 5.26 Å². The van der Waals surface area contributed by atoms with Crippen LogP contribution in [-0.4, -0.2) is 40.3 Å². The van der Waals surface area contributed by atoms with Gasteiger partial charge in [-0.25, -0.2) is 9.78 Å². The number of amides is 3. The molecule has 0 aliphatic rings. The molecule has 2 aromatic carbocycles. The summed E-state index contributed by atoms with van der Waals surface area (Å²) >= 11 is 0. The first-order valence-corrected chi connectivity index (χ1v) is 11.2. The van der Waals surface area contributed by atoms with Crippen molar-refractivity contribution >= 4 is 40.3 Å². The molecule has 3 amide bonds. The van der Waals surface area contributed by atoms with Crippen LogP contribution < -0.4 is 15.5 Å². The molecule has 0 spiro atoms. The molecule has 0 aliphatic carbocycles. The first-order valence-electron chi connectivity index (χ1n) is 11.2. The van der Waals surface area contributed by atoms with E-state index < -0.39 is 11.4 Å². The highest BCUT2D eigenvalue weighted by Gasteiger charge is 2.29. The molecule has 0 bridgehead atoms. The number of hydrogen-bond acceptors (Lipinski definition) is 5. The van der Waals surface area contributed by atoms with Gasteiger partial charge in [0.05, 0.1) is 22.7 Å². The zero-order chi connectivity index (χ0) is 24.9. The number of rotatable bonds is 8. The van der Waals surface area contributed by atoms with Crippen molar-refractivity contribution in [3.63, 3.8) is 0 Å². The normalized spacial score (nSPS) is 11.2. The number of carbonyl (C=O) groups is 2. The smallest absolute Gasteiger partial charge is 0.326 e. The number of fused-ring (bicyclic) bond motifs is 1. The zero-order valence-electron chi connectivity index (χ0n) is 19.9. The third kappa shape index (κ3) is 5.35. The van der Waals surface area contributed by atoms with E-state index in [9.17, 15) is 14.7 Å². The predicted octanol–water partition coefficient (Wildman–Crippen LogP) is 4.33. The van der Waals surface area contributed by atoms with Gasteiger partial charge in [0.15, 0.2) is 0 Å². The number of imidazole rings is 1. The average Bonchev–Trinajstić information content (AvgIpc) is 3.17. The van der Waals surface area contributed by atoms with Crippen LogP contribution >= 0.6 is 0 Å². The lowest BCUT2D eigenvalue weighted by atomic mass is 9.88. The second-order valence-corrected chi connectivity index (χ2v) is 8.71. The number of nitrogens with one attached hydrogen (secondary N) is 2. The topological polar surface area (TPSA) is 123 Å². The second-order valence-electron chi connectivity index (χ2n) is 8.71. The summed E-state index contributed by atoms with van der Waals surface area (Å²) in [4.78, 5) is 31.7. The van der Waals surface area contributed by atoms with E-state index in [1.807, 2.05) is 49.6 Å². The predicted molar refractivity (Wildman–Crippen MR) is 133 cm³/mol. The minimum absolute atomic E-state index is 0.00201. The van der Waals surface area contributed by atoms with Crippen LogP contribution in [0.25, 0.3) is 11.0 Å². The van der Waals surface area contributed by atoms with Gasteiger partial charge in [0, 0.05) is 37.0 Å². The summed E-state index contributed by atoms with van der Waals surface area (Å²) in [7, 11) is 1.74. The van der Waals surface area contributed by atoms with Gasteiger partial charge in [-0.1, -0.05) is 20.8 Å². The van der Waals surface area contributed by atoms with Gasteiger partial charge in [0.2, 0.25) is 11.9 Å². The fourth-order valence-corrected chi connectivity index (χ4v) is 3.49. The average molecular weight is 463 g/mol. The number of nitrogens with zero attached hydrogens (tertiary/aromatic N) is 4. The van der Waals surface area contributed by atoms with Crippen LogP contribution in [0.15, 0.2) is 42.5 Å². The van der Waals surface area contributed by atoms with E-state index in [1.165, 1.54) is 0 Å². The van der Waals surface area contributed by atoms with Gasteiger partial charge in [0.1, 0.15) is 0 Å². The molecule has 0 saturated heterocycles. The molecular weight excluding hydrogens is 432 g/mol. The first kappa shape index (κ1) is 24.7. The maximum absolute atomic E-state index is 12.9. The maximum Gasteiger partial charge on any atom is 0.326 e. The summed E-state index contributed by atoms with van der Waals surface area (Å²) < 4.78 is 1.82. The quantitative estimate of drug-likeness (QED) is 0.460. The lowest BCUT2D eigenvalue weighted by Crippen LogP contribution is -2.38. The number of anilines is 3. The van der Waals surface area contributed by atoms with Crippen molar-refractivity contribution in [3.8, 4) is 6.07 Å². The van der Waals surface area contributed by atoms with Gasteiger partial charge in [-0.15, -0.1) is 0 Å². The molecule has 0 unspecified atom stereocenters. The van der Waals surface area contributed by atoms with Crippen LogP contribution in [0, 0.1) is 16.7 Å². The van der Waals surface area contributed by atoms with E-state index in [0.29, 0.717) is 41.4 Å². The Labute approximate surface area is 199 Å². The zero-order valence-corrected chi connectivity index (χ0v) is 19.9. The van der Waals surface area contributed by atoms with Crippen molar-refractivity contribution in [3.05, 3.63) is 48.0 Å². The summed E-state index contributed by atoms with van der Waals surface area (Å²) in [6, 6.07) is 13.6. The molecule has 3 N–H and O–H groups in total. The fraction of sp³-hybridized carbons (Fsp3) is 0.360. The number of carbonyl (C=O) groups excluding carboxylic acids is 2. The highest BCUT2D eigenvalue weighted by atomic mass is 16.3. The van der Waals surface area contributed by atoms with Crippen LogP contribution in [0.1, 0.15) is 39.2 Å². The molecule has 0 atom stereocenters. The number of aliphatic hydroxyl groups excluding tert-OH is 1. The lowest BCUT2D eigenvalue weighted by Gasteiger charge is -2.28. The minimum Gasteiger partial charge on any atom is -0.396 e. The van der Waals surface area contributed by atoms with Crippen molar-refractivity contribution in [1.29, 1.82) is 5.26 Å². The molecule has 0 saturated carbocycles. The van der Waals surface area contributed by atoms with Crippen LogP contribution in [0.3, 0.4) is 0 Å². The number of aliphatic hydroxyl groups is 1. The van der Waals surface area contributed by atoms with Gasteiger partial charge in [-0.2, -0.15) is 5.26 Å². The highest BCUT2D eigenvalue weighted by molar-refractivity contribution is 6.01. The summed E-state index contributed by atoms with van der Waals surface area (Å²) in [5, 5.41) is 23.7. The Hall–Kier alpha value is -3.90. The standard InChI is InChI=1S/C25H30N6O3/c1-5-25(2,3)22(33)30(4)19-11-12-21-20(15-19)28-23(31(21)13-6-14-32)29-24(34)27-18-9-7-17(16-26)8-10-18/h7-12,15,32H,5-6,13-14H2,1-4H3,(H2,27,28,29,34). The first-order chi connectivity index (χ1) is 16.2. The molecular formula is C25H30N6O3. The second kappa shape index (κ2) is 10.4. The molecule has 9 heteroatoms. The van der Waals surface area contributed by atoms with Gasteiger partial charge in [-0.3, -0.25) is 10.1 Å². The Morgan fingerprint density at radius 3 is 2.50 bits per heavy atom. The molecule has 3 aromatic rings. The molecule has 9 nitrogen and oxygen atoms in total. The molecule has 34 heavy (non-hydrogen) atoms. The Morgan fingerprint density at radius 1 is 1.18 bits per heavy atom. The number of aromatic nitrogens is 2. The summed E-state index contributed by atoms with van der Waals surface area (Å²) in [5.74, 6) is 0.337. The molecule has 0 fully saturated rings. The largest absolute Gasteiger partial charge is 0.396 e. The van der Waals surface area contributed by atoms with Crippen molar-refractivity contribution in [2.75, 3.05) is 29.2 Å². The number of nitriles is 1. The van der Waals surface area contributed by atoms with Crippen molar-refractivity contribution in [2.24, 2.45) is 5.41 Å². The third-order valence-corrected chi connectivity index (χ3v) is 5.92. The number of benzene rings is 2. The Balaban J connectivity index is 1.88. The van der Waals surface area contributed by atoms with Crippen LogP contribution in [0.2, 0.25) is 0 Å². The Morgan fingerprint density at radius 2 is 1.88 bits per heavy atom. The SMILES string of the molecule is CCC(C)(C)C(=O)N(C)c1ccc2c(c1)nc(NC(=O)Nc1ccc(C#N)cc1)n2CCCO. The van der Waals surface area contributed by atoms with Crippen molar-refractivity contribution < 1.29 is 14.7 Å². The van der Waals surface area contributed by atoms with Crippen molar-refractivity contribution in [2.45, 2.75) is 40.2 Å². The van der Waals surface area contributed by atoms with Gasteiger partial charge in [-0.05, 0) is 55.3 Å². The van der Waals surface area contributed by atoms with Gasteiger partial charge >= 0.3 is 6.03 Å². The molecule has 3 rings (SSSR count). The maximum atomic E-state index is 12.9. The number of urea groups is 1. The van der Waals surface area contributed by atoms with E-state index in [-0.39, 0.29) is 12.5 Å². The molecule has 1 heterocycles. The highest BCUT2D eigenvalue weighted by Crippen LogP contribution is 2.29. The van der Waals surface area contributed by atoms with E-state index in [1.54, 1.807) is 36.2 Å². The van der Waals surface area contributed by atoms with Crippen LogP contribution in [-0.2, 0) is 11.3 Å². The van der Waals surface area contributed by atoms with Crippen LogP contribution in [0.4, 0.5) is 22.1 Å². The Bertz CT molecular complexity index is 1220. The van der Waals surface area contributed by atoms with Gasteiger partial charge < -0.3 is 19.9 Å². The van der Waals surface area contributed by atoms with Crippen molar-refractivity contribution in [1.82, 2.24) is 9.55 Å². The monoisotopic (exact) mass is 462 g/mol. The van der Waals surface area contributed by atoms with Crippen LogP contribution in [0.5, 0.6) is 0 Å². The summed E-state index contributed by atoms with van der Waals surface area (Å²) in [6.45, 7) is 6.28. The molecule has 0 radical (unpaired) electrons. The number of hydrogen-bond donors (Lipinski definition) is 3. The molecule has 178 valence electrons. The molecule has 0 aliphatic heterocycles. The Kier molecular flexibility index (Phi) is 7.54. The van der Waals surface area contributed by atoms with E-state index >= 15 is 0 Å². The minimum atomic E-state index is -0.486. The van der Waals surface area contributed by atoms with E-state index in [0.717, 1.165) is 11.9 Å².